The van der Waals surface area contributed by atoms with Crippen LogP contribution in [0.1, 0.15) is 15.9 Å². The van der Waals surface area contributed by atoms with Crippen molar-refractivity contribution in [3.8, 4) is 11.5 Å². The van der Waals surface area contributed by atoms with Crippen LogP contribution >= 0.6 is 15.9 Å². The summed E-state index contributed by atoms with van der Waals surface area (Å²) < 4.78 is 16.3. The number of nitrogens with zero attached hydrogens (tertiary/aromatic N) is 1. The summed E-state index contributed by atoms with van der Waals surface area (Å²) in [6.45, 7) is -0.0253. The largest absolute Gasteiger partial charge is 0.493 e. The molecule has 0 fully saturated rings. The number of benzene rings is 2. The summed E-state index contributed by atoms with van der Waals surface area (Å²) >= 11 is 3.37. The van der Waals surface area contributed by atoms with Crippen molar-refractivity contribution in [1.29, 1.82) is 0 Å². The van der Waals surface area contributed by atoms with Crippen LogP contribution in [0.3, 0.4) is 0 Å². The number of non-ortho nitro benzene ring substituents is 1. The fraction of sp³-hybridized carbons (Fsp3) is 0.188. The van der Waals surface area contributed by atoms with E-state index in [9.17, 15) is 14.9 Å². The number of halogens is 1. The Kier molecular flexibility index (Phi) is 5.75. The van der Waals surface area contributed by atoms with Crippen molar-refractivity contribution in [1.82, 2.24) is 0 Å². The maximum atomic E-state index is 12.1. The van der Waals surface area contributed by atoms with E-state index in [1.54, 1.807) is 12.1 Å². The standard InChI is InChI=1S/C16H14BrNO6/c1-22-14-7-11(13(17)8-15(14)23-2)9-24-16(19)10-4-3-5-12(6-10)18(20)21/h3-8H,9H2,1-2H3. The van der Waals surface area contributed by atoms with Crippen molar-refractivity contribution in [3.05, 3.63) is 62.1 Å². The lowest BCUT2D eigenvalue weighted by atomic mass is 10.2. The van der Waals surface area contributed by atoms with Gasteiger partial charge >= 0.3 is 5.97 Å². The van der Waals surface area contributed by atoms with Crippen LogP contribution in [0.5, 0.6) is 11.5 Å². The average molecular weight is 396 g/mol. The minimum atomic E-state index is -0.652. The van der Waals surface area contributed by atoms with Gasteiger partial charge in [0.15, 0.2) is 11.5 Å². The number of hydrogen-bond donors (Lipinski definition) is 0. The first kappa shape index (κ1) is 17.7. The fourth-order valence-corrected chi connectivity index (χ4v) is 2.42. The Morgan fingerprint density at radius 1 is 1.17 bits per heavy atom. The van der Waals surface area contributed by atoms with Crippen LogP contribution in [0.2, 0.25) is 0 Å². The van der Waals surface area contributed by atoms with Gasteiger partial charge in [0.05, 0.1) is 24.7 Å². The van der Waals surface area contributed by atoms with Gasteiger partial charge in [-0.25, -0.2) is 4.79 Å². The van der Waals surface area contributed by atoms with Gasteiger partial charge in [-0.3, -0.25) is 10.1 Å². The summed E-state index contributed by atoms with van der Waals surface area (Å²) in [4.78, 5) is 22.3. The highest BCUT2D eigenvalue weighted by Crippen LogP contribution is 2.33. The molecule has 0 radical (unpaired) electrons. The summed E-state index contributed by atoms with van der Waals surface area (Å²) in [5, 5.41) is 10.8. The fourth-order valence-electron chi connectivity index (χ4n) is 1.98. The van der Waals surface area contributed by atoms with E-state index in [1.807, 2.05) is 0 Å². The summed E-state index contributed by atoms with van der Waals surface area (Å²) in [6, 6.07) is 8.76. The van der Waals surface area contributed by atoms with Gasteiger partial charge in [-0.05, 0) is 18.2 Å². The second kappa shape index (κ2) is 7.78. The summed E-state index contributed by atoms with van der Waals surface area (Å²) in [5.74, 6) is 0.389. The Hall–Kier alpha value is -2.61. The summed E-state index contributed by atoms with van der Waals surface area (Å²) in [7, 11) is 3.02. The summed E-state index contributed by atoms with van der Waals surface area (Å²) in [5.41, 5.74) is 0.615. The van der Waals surface area contributed by atoms with E-state index in [0.29, 0.717) is 21.5 Å². The number of carbonyl (C=O) groups is 1. The van der Waals surface area contributed by atoms with E-state index in [4.69, 9.17) is 14.2 Å². The van der Waals surface area contributed by atoms with Crippen LogP contribution in [0, 0.1) is 10.1 Å². The molecule has 0 bridgehead atoms. The second-order valence-corrected chi connectivity index (χ2v) is 5.54. The molecule has 0 unspecified atom stereocenters. The van der Waals surface area contributed by atoms with Crippen LogP contribution in [0.25, 0.3) is 0 Å². The van der Waals surface area contributed by atoms with E-state index in [2.05, 4.69) is 15.9 Å². The topological polar surface area (TPSA) is 87.9 Å². The van der Waals surface area contributed by atoms with Gasteiger partial charge in [0.2, 0.25) is 0 Å². The Labute approximate surface area is 146 Å². The zero-order valence-corrected chi connectivity index (χ0v) is 14.5. The first-order chi connectivity index (χ1) is 11.5. The molecular formula is C16H14BrNO6. The third-order valence-corrected chi connectivity index (χ3v) is 3.94. The highest BCUT2D eigenvalue weighted by molar-refractivity contribution is 9.10. The van der Waals surface area contributed by atoms with Gasteiger partial charge in [-0.1, -0.05) is 22.0 Å². The van der Waals surface area contributed by atoms with Crippen molar-refractivity contribution in [2.45, 2.75) is 6.61 Å². The molecular weight excluding hydrogens is 382 g/mol. The minimum Gasteiger partial charge on any atom is -0.493 e. The number of carbonyl (C=O) groups excluding carboxylic acids is 1. The van der Waals surface area contributed by atoms with E-state index in [-0.39, 0.29) is 17.9 Å². The van der Waals surface area contributed by atoms with Gasteiger partial charge in [-0.15, -0.1) is 0 Å². The zero-order chi connectivity index (χ0) is 17.7. The molecule has 0 saturated heterocycles. The van der Waals surface area contributed by atoms with Gasteiger partial charge in [0.25, 0.3) is 5.69 Å². The van der Waals surface area contributed by atoms with Crippen molar-refractivity contribution >= 4 is 27.6 Å². The number of ether oxygens (including phenoxy) is 3. The molecule has 0 aliphatic heterocycles. The maximum absolute atomic E-state index is 12.1. The lowest BCUT2D eigenvalue weighted by molar-refractivity contribution is -0.384. The first-order valence-electron chi connectivity index (χ1n) is 6.78. The number of rotatable bonds is 6. The third kappa shape index (κ3) is 4.02. The number of methoxy groups -OCH3 is 2. The molecule has 8 heteroatoms. The molecule has 0 aliphatic rings. The SMILES string of the molecule is COc1cc(Br)c(COC(=O)c2cccc([N+](=O)[O-])c2)cc1OC. The quantitative estimate of drug-likeness (QED) is 0.420. The lowest BCUT2D eigenvalue weighted by Crippen LogP contribution is -2.06. The van der Waals surface area contributed by atoms with Gasteiger partial charge in [-0.2, -0.15) is 0 Å². The molecule has 0 heterocycles. The molecule has 0 aliphatic carbocycles. The molecule has 2 rings (SSSR count). The number of esters is 1. The monoisotopic (exact) mass is 395 g/mol. The van der Waals surface area contributed by atoms with E-state index in [0.717, 1.165) is 0 Å². The molecule has 0 N–H and O–H groups in total. The zero-order valence-electron chi connectivity index (χ0n) is 12.9. The van der Waals surface area contributed by atoms with Crippen LogP contribution in [0.4, 0.5) is 5.69 Å². The Bertz CT molecular complexity index is 777. The maximum Gasteiger partial charge on any atom is 0.338 e. The molecule has 24 heavy (non-hydrogen) atoms. The van der Waals surface area contributed by atoms with Gasteiger partial charge in [0.1, 0.15) is 6.61 Å². The number of nitro benzene ring substituents is 1. The highest BCUT2D eigenvalue weighted by Gasteiger charge is 2.15. The van der Waals surface area contributed by atoms with Gasteiger partial charge < -0.3 is 14.2 Å². The lowest BCUT2D eigenvalue weighted by Gasteiger charge is -2.12. The first-order valence-corrected chi connectivity index (χ1v) is 7.57. The molecule has 0 atom stereocenters. The van der Waals surface area contributed by atoms with Crippen LogP contribution < -0.4 is 9.47 Å². The smallest absolute Gasteiger partial charge is 0.338 e. The molecule has 126 valence electrons. The molecule has 2 aromatic carbocycles. The van der Waals surface area contributed by atoms with Gasteiger partial charge in [0, 0.05) is 22.2 Å². The average Bonchev–Trinajstić information content (AvgIpc) is 2.60. The van der Waals surface area contributed by atoms with Crippen molar-refractivity contribution in [3.63, 3.8) is 0 Å². The normalized spacial score (nSPS) is 10.1. The number of nitro groups is 1. The predicted molar refractivity (Wildman–Crippen MR) is 89.5 cm³/mol. The highest BCUT2D eigenvalue weighted by atomic mass is 79.9. The van der Waals surface area contributed by atoms with E-state index in [1.165, 1.54) is 38.5 Å². The van der Waals surface area contributed by atoms with Crippen molar-refractivity contribution in [2.75, 3.05) is 14.2 Å². The minimum absolute atomic E-state index is 0.0253. The predicted octanol–water partition coefficient (Wildman–Crippen LogP) is 3.73. The molecule has 0 spiro atoms. The Morgan fingerprint density at radius 2 is 1.83 bits per heavy atom. The van der Waals surface area contributed by atoms with Crippen LogP contribution in [-0.2, 0) is 11.3 Å². The van der Waals surface area contributed by atoms with Crippen LogP contribution in [0.15, 0.2) is 40.9 Å². The third-order valence-electron chi connectivity index (χ3n) is 3.20. The van der Waals surface area contributed by atoms with E-state index < -0.39 is 10.9 Å². The number of hydrogen-bond acceptors (Lipinski definition) is 6. The Balaban J connectivity index is 2.14. The van der Waals surface area contributed by atoms with Crippen molar-refractivity contribution < 1.29 is 23.9 Å². The molecule has 0 amide bonds. The Morgan fingerprint density at radius 3 is 2.46 bits per heavy atom. The molecule has 7 nitrogen and oxygen atoms in total. The molecule has 2 aromatic rings. The van der Waals surface area contributed by atoms with E-state index >= 15 is 0 Å². The summed E-state index contributed by atoms with van der Waals surface area (Å²) in [6.07, 6.45) is 0. The van der Waals surface area contributed by atoms with Crippen LogP contribution in [-0.4, -0.2) is 25.1 Å². The van der Waals surface area contributed by atoms with Crippen molar-refractivity contribution in [2.24, 2.45) is 0 Å². The molecule has 0 saturated carbocycles. The molecule has 0 aromatic heterocycles. The second-order valence-electron chi connectivity index (χ2n) is 4.68.